The summed E-state index contributed by atoms with van der Waals surface area (Å²) in [4.78, 5) is 0. The van der Waals surface area contributed by atoms with Crippen molar-refractivity contribution in [1.29, 1.82) is 0 Å². The monoisotopic (exact) mass is 149 g/mol. The molecule has 0 saturated heterocycles. The van der Waals surface area contributed by atoms with E-state index in [0.717, 1.165) is 23.4 Å². The maximum atomic E-state index is 12.6. The molecule has 1 nitrogen and oxygen atoms in total. The highest BCUT2D eigenvalue weighted by Gasteiger charge is 2.12. The van der Waals surface area contributed by atoms with Gasteiger partial charge in [-0.15, -0.1) is 0 Å². The van der Waals surface area contributed by atoms with Crippen LogP contribution in [-0.4, -0.2) is 0 Å². The van der Waals surface area contributed by atoms with Crippen molar-refractivity contribution in [1.82, 2.24) is 0 Å². The first-order valence-electron chi connectivity index (χ1n) is 3.49. The molecule has 0 aromatic heterocycles. The van der Waals surface area contributed by atoms with Gasteiger partial charge in [0.25, 0.3) is 0 Å². The Balaban J connectivity index is 2.51. The predicted molar refractivity (Wildman–Crippen MR) is 42.9 cm³/mol. The van der Waals surface area contributed by atoms with E-state index in [1.165, 1.54) is 6.07 Å². The van der Waals surface area contributed by atoms with E-state index in [0.29, 0.717) is 0 Å². The molecule has 2 rings (SSSR count). The van der Waals surface area contributed by atoms with Crippen LogP contribution in [0, 0.1) is 5.82 Å². The molecule has 0 unspecified atom stereocenters. The second kappa shape index (κ2) is 2.09. The zero-order chi connectivity index (χ0) is 7.84. The number of hydrogen-bond acceptors (Lipinski definition) is 1. The van der Waals surface area contributed by atoms with E-state index in [9.17, 15) is 4.39 Å². The molecular weight excluding hydrogens is 141 g/mol. The number of anilines is 1. The quantitative estimate of drug-likeness (QED) is 0.596. The lowest BCUT2D eigenvalue weighted by atomic mass is 10.1. The van der Waals surface area contributed by atoms with Crippen LogP contribution in [0.2, 0.25) is 0 Å². The number of benzene rings is 1. The molecule has 0 saturated carbocycles. The first-order valence-corrected chi connectivity index (χ1v) is 3.49. The summed E-state index contributed by atoms with van der Waals surface area (Å²) in [5, 5.41) is 3.06. The Kier molecular flexibility index (Phi) is 1.22. The zero-order valence-electron chi connectivity index (χ0n) is 6.02. The predicted octanol–water partition coefficient (Wildman–Crippen LogP) is 2.31. The van der Waals surface area contributed by atoms with Gasteiger partial charge < -0.3 is 5.32 Å². The van der Waals surface area contributed by atoms with Crippen LogP contribution in [0.15, 0.2) is 30.5 Å². The Morgan fingerprint density at radius 2 is 2.27 bits per heavy atom. The Labute approximate surface area is 64.5 Å². The van der Waals surface area contributed by atoms with Gasteiger partial charge in [-0.05, 0) is 23.8 Å². The third-order valence-electron chi connectivity index (χ3n) is 1.78. The lowest BCUT2D eigenvalue weighted by Gasteiger charge is -1.96. The zero-order valence-corrected chi connectivity index (χ0v) is 6.02. The van der Waals surface area contributed by atoms with Crippen LogP contribution in [0.4, 0.5) is 10.1 Å². The van der Waals surface area contributed by atoms with E-state index in [4.69, 9.17) is 0 Å². The van der Waals surface area contributed by atoms with Crippen LogP contribution in [0.1, 0.15) is 5.56 Å². The molecule has 0 atom stereocenters. The molecule has 1 aliphatic heterocycles. The molecular formula is C9H8FN. The van der Waals surface area contributed by atoms with E-state index in [1.54, 1.807) is 12.1 Å². The Morgan fingerprint density at radius 3 is 3.09 bits per heavy atom. The Morgan fingerprint density at radius 1 is 1.45 bits per heavy atom. The van der Waals surface area contributed by atoms with Crippen LogP contribution < -0.4 is 5.32 Å². The van der Waals surface area contributed by atoms with Crippen molar-refractivity contribution in [2.75, 3.05) is 5.32 Å². The van der Waals surface area contributed by atoms with Gasteiger partial charge >= 0.3 is 0 Å². The molecule has 0 amide bonds. The molecule has 1 N–H and O–H groups in total. The largest absolute Gasteiger partial charge is 0.359 e. The van der Waals surface area contributed by atoms with Crippen LogP contribution in [0.5, 0.6) is 0 Å². The summed E-state index contributed by atoms with van der Waals surface area (Å²) in [5.41, 5.74) is 2.91. The molecule has 0 bridgehead atoms. The lowest BCUT2D eigenvalue weighted by Crippen LogP contribution is -1.86. The van der Waals surface area contributed by atoms with Crippen molar-refractivity contribution in [2.24, 2.45) is 0 Å². The van der Waals surface area contributed by atoms with Crippen LogP contribution >= 0.6 is 0 Å². The summed E-state index contributed by atoms with van der Waals surface area (Å²) >= 11 is 0. The minimum Gasteiger partial charge on any atom is -0.359 e. The fourth-order valence-electron chi connectivity index (χ4n) is 1.30. The number of allylic oxidation sites excluding steroid dienone is 1. The van der Waals surface area contributed by atoms with E-state index >= 15 is 0 Å². The number of fused-ring (bicyclic) bond motifs is 1. The van der Waals surface area contributed by atoms with Gasteiger partial charge in [0, 0.05) is 17.8 Å². The third-order valence-corrected chi connectivity index (χ3v) is 1.78. The SMILES string of the molecule is C=C1Cc2cc(F)ccc2N1. The maximum absolute atomic E-state index is 12.6. The summed E-state index contributed by atoms with van der Waals surface area (Å²) in [6.45, 7) is 3.76. The van der Waals surface area contributed by atoms with Crippen molar-refractivity contribution < 1.29 is 4.39 Å². The average Bonchev–Trinajstić information content (AvgIpc) is 2.27. The number of hydrogen-bond donors (Lipinski definition) is 1. The highest BCUT2D eigenvalue weighted by Crippen LogP contribution is 2.26. The van der Waals surface area contributed by atoms with Gasteiger partial charge in [0.05, 0.1) is 0 Å². The minimum atomic E-state index is -0.180. The molecule has 11 heavy (non-hydrogen) atoms. The lowest BCUT2D eigenvalue weighted by molar-refractivity contribution is 0.627. The van der Waals surface area contributed by atoms with Crippen LogP contribution in [0.25, 0.3) is 0 Å². The molecule has 1 heterocycles. The standard InChI is InChI=1S/C9H8FN/c1-6-4-7-5-8(10)2-3-9(7)11-6/h2-3,5,11H,1,4H2. The van der Waals surface area contributed by atoms with Crippen molar-refractivity contribution in [3.63, 3.8) is 0 Å². The maximum Gasteiger partial charge on any atom is 0.123 e. The number of halogens is 1. The molecule has 0 radical (unpaired) electrons. The van der Waals surface area contributed by atoms with Crippen molar-refractivity contribution in [3.05, 3.63) is 41.9 Å². The van der Waals surface area contributed by atoms with Gasteiger partial charge in [-0.1, -0.05) is 6.58 Å². The fraction of sp³-hybridized carbons (Fsp3) is 0.111. The summed E-state index contributed by atoms with van der Waals surface area (Å²) in [5.74, 6) is -0.180. The molecule has 56 valence electrons. The Hall–Kier alpha value is -1.31. The topological polar surface area (TPSA) is 12.0 Å². The molecule has 0 spiro atoms. The van der Waals surface area contributed by atoms with Gasteiger partial charge in [-0.25, -0.2) is 4.39 Å². The molecule has 1 aromatic carbocycles. The van der Waals surface area contributed by atoms with Gasteiger partial charge in [0.2, 0.25) is 0 Å². The first-order chi connectivity index (χ1) is 5.25. The van der Waals surface area contributed by atoms with Crippen molar-refractivity contribution >= 4 is 5.69 Å². The summed E-state index contributed by atoms with van der Waals surface area (Å²) in [6.07, 6.45) is 0.743. The fourth-order valence-corrected chi connectivity index (χ4v) is 1.30. The molecule has 0 aliphatic carbocycles. The molecule has 1 aliphatic rings. The van der Waals surface area contributed by atoms with Gasteiger partial charge in [-0.2, -0.15) is 0 Å². The highest BCUT2D eigenvalue weighted by atomic mass is 19.1. The van der Waals surface area contributed by atoms with Crippen molar-refractivity contribution in [2.45, 2.75) is 6.42 Å². The van der Waals surface area contributed by atoms with Crippen LogP contribution in [-0.2, 0) is 6.42 Å². The van der Waals surface area contributed by atoms with Gasteiger partial charge in [-0.3, -0.25) is 0 Å². The van der Waals surface area contributed by atoms with Gasteiger partial charge in [0.15, 0.2) is 0 Å². The average molecular weight is 149 g/mol. The molecule has 0 fully saturated rings. The summed E-state index contributed by atoms with van der Waals surface area (Å²) < 4.78 is 12.6. The summed E-state index contributed by atoms with van der Waals surface area (Å²) in [6, 6.07) is 4.73. The van der Waals surface area contributed by atoms with E-state index in [-0.39, 0.29) is 5.82 Å². The van der Waals surface area contributed by atoms with Crippen molar-refractivity contribution in [3.8, 4) is 0 Å². The van der Waals surface area contributed by atoms with E-state index < -0.39 is 0 Å². The second-order valence-electron chi connectivity index (χ2n) is 2.71. The second-order valence-corrected chi connectivity index (χ2v) is 2.71. The smallest absolute Gasteiger partial charge is 0.123 e. The summed E-state index contributed by atoms with van der Waals surface area (Å²) in [7, 11) is 0. The third kappa shape index (κ3) is 1.00. The van der Waals surface area contributed by atoms with Gasteiger partial charge in [0.1, 0.15) is 5.82 Å². The minimum absolute atomic E-state index is 0.180. The highest BCUT2D eigenvalue weighted by molar-refractivity contribution is 5.61. The van der Waals surface area contributed by atoms with E-state index in [2.05, 4.69) is 11.9 Å². The number of nitrogens with one attached hydrogen (secondary N) is 1. The normalized spacial score (nSPS) is 14.5. The van der Waals surface area contributed by atoms with E-state index in [1.807, 2.05) is 0 Å². The Bertz CT molecular complexity index is 317. The van der Waals surface area contributed by atoms with Crippen LogP contribution in [0.3, 0.4) is 0 Å². The first kappa shape index (κ1) is 6.40. The number of rotatable bonds is 0. The molecule has 2 heteroatoms. The molecule has 1 aromatic rings.